The summed E-state index contributed by atoms with van der Waals surface area (Å²) >= 11 is 5.88. The molecule has 0 radical (unpaired) electrons. The minimum Gasteiger partial charge on any atom is -0.484 e. The minimum atomic E-state index is 0.202. The number of ether oxygens (including phenoxy) is 1. The highest BCUT2D eigenvalue weighted by Gasteiger charge is 2.19. The smallest absolute Gasteiger partial charge is 0.264 e. The van der Waals surface area contributed by atoms with E-state index in [0.717, 1.165) is 16.6 Å². The molecule has 6 nitrogen and oxygen atoms in total. The molecule has 7 heteroatoms. The monoisotopic (exact) mass is 394 g/mol. The van der Waals surface area contributed by atoms with Gasteiger partial charge in [-0.15, -0.1) is 0 Å². The molecule has 0 amide bonds. The number of hydrogen-bond donors (Lipinski definition) is 0. The molecule has 5 rings (SSSR count). The Balaban J connectivity index is 1.33. The van der Waals surface area contributed by atoms with Crippen LogP contribution < -0.4 is 4.74 Å². The fourth-order valence-electron chi connectivity index (χ4n) is 3.75. The van der Waals surface area contributed by atoms with Crippen LogP contribution in [0.1, 0.15) is 37.6 Å². The van der Waals surface area contributed by atoms with Gasteiger partial charge in [0.25, 0.3) is 5.89 Å². The van der Waals surface area contributed by atoms with E-state index in [4.69, 9.17) is 20.9 Å². The van der Waals surface area contributed by atoms with Crippen molar-refractivity contribution in [1.82, 2.24) is 19.7 Å². The molecule has 28 heavy (non-hydrogen) atoms. The first-order valence-electron chi connectivity index (χ1n) is 9.44. The van der Waals surface area contributed by atoms with Gasteiger partial charge in [0.1, 0.15) is 5.75 Å². The normalized spacial score (nSPS) is 14.8. The van der Waals surface area contributed by atoms with E-state index in [9.17, 15) is 0 Å². The summed E-state index contributed by atoms with van der Waals surface area (Å²) in [6, 6.07) is 13.8. The number of imidazole rings is 1. The second-order valence-corrected chi connectivity index (χ2v) is 7.48. The van der Waals surface area contributed by atoms with Crippen LogP contribution in [0.15, 0.2) is 53.3 Å². The summed E-state index contributed by atoms with van der Waals surface area (Å²) in [6.07, 6.45) is 7.01. The van der Waals surface area contributed by atoms with Crippen molar-refractivity contribution < 1.29 is 9.26 Å². The Hall–Kier alpha value is -2.86. The lowest BCUT2D eigenvalue weighted by molar-refractivity contribution is 0.243. The van der Waals surface area contributed by atoms with E-state index < -0.39 is 0 Å². The molecule has 2 aromatic heterocycles. The third kappa shape index (κ3) is 3.36. The van der Waals surface area contributed by atoms with Gasteiger partial charge in [-0.2, -0.15) is 4.98 Å². The Kier molecular flexibility index (Phi) is 4.49. The summed E-state index contributed by atoms with van der Waals surface area (Å²) in [5.41, 5.74) is 2.99. The molecule has 1 saturated carbocycles. The molecule has 4 aromatic rings. The number of nitrogens with zero attached hydrogens (tertiary/aromatic N) is 4. The van der Waals surface area contributed by atoms with Gasteiger partial charge in [0.05, 0.1) is 17.4 Å². The first-order chi connectivity index (χ1) is 13.8. The van der Waals surface area contributed by atoms with Crippen LogP contribution in [-0.4, -0.2) is 19.7 Å². The Morgan fingerprint density at radius 1 is 1.11 bits per heavy atom. The van der Waals surface area contributed by atoms with E-state index in [1.807, 2.05) is 18.5 Å². The molecule has 2 aromatic carbocycles. The van der Waals surface area contributed by atoms with Crippen molar-refractivity contribution in [2.24, 2.45) is 0 Å². The molecular formula is C21H19ClN4O2. The summed E-state index contributed by atoms with van der Waals surface area (Å²) in [5.74, 6) is 1.65. The molecule has 0 N–H and O–H groups in total. The fourth-order valence-corrected chi connectivity index (χ4v) is 3.88. The summed E-state index contributed by atoms with van der Waals surface area (Å²) in [7, 11) is 0. The zero-order chi connectivity index (χ0) is 18.9. The van der Waals surface area contributed by atoms with Gasteiger partial charge in [0, 0.05) is 16.6 Å². The third-order valence-corrected chi connectivity index (χ3v) is 5.45. The Bertz CT molecular complexity index is 1100. The van der Waals surface area contributed by atoms with Crippen molar-refractivity contribution in [3.63, 3.8) is 0 Å². The van der Waals surface area contributed by atoms with Gasteiger partial charge < -0.3 is 13.8 Å². The molecule has 1 fully saturated rings. The van der Waals surface area contributed by atoms with E-state index in [2.05, 4.69) is 25.8 Å². The first kappa shape index (κ1) is 17.3. The molecule has 0 atom stereocenters. The zero-order valence-electron chi connectivity index (χ0n) is 15.2. The first-order valence-corrected chi connectivity index (χ1v) is 9.82. The number of fused-ring (bicyclic) bond motifs is 1. The summed E-state index contributed by atoms with van der Waals surface area (Å²) in [4.78, 5) is 9.02. The summed E-state index contributed by atoms with van der Waals surface area (Å²) < 4.78 is 13.3. The van der Waals surface area contributed by atoms with Gasteiger partial charge in [-0.1, -0.05) is 29.6 Å². The fraction of sp³-hybridized carbons (Fsp3) is 0.286. The van der Waals surface area contributed by atoms with Gasteiger partial charge in [-0.05, 0) is 55.3 Å². The third-order valence-electron chi connectivity index (χ3n) is 5.20. The highest BCUT2D eigenvalue weighted by atomic mass is 35.5. The average Bonchev–Trinajstić information content (AvgIpc) is 3.46. The summed E-state index contributed by atoms with van der Waals surface area (Å²) in [5, 5.41) is 4.75. The van der Waals surface area contributed by atoms with Crippen LogP contribution in [0, 0.1) is 0 Å². The maximum atomic E-state index is 5.88. The van der Waals surface area contributed by atoms with Crippen LogP contribution >= 0.6 is 11.6 Å². The second kappa shape index (κ2) is 7.28. The van der Waals surface area contributed by atoms with Gasteiger partial charge in [-0.3, -0.25) is 0 Å². The van der Waals surface area contributed by atoms with Crippen LogP contribution in [0.5, 0.6) is 5.75 Å². The predicted molar refractivity (Wildman–Crippen MR) is 106 cm³/mol. The topological polar surface area (TPSA) is 66.0 Å². The maximum Gasteiger partial charge on any atom is 0.264 e. The molecule has 0 aliphatic heterocycles. The van der Waals surface area contributed by atoms with Crippen molar-refractivity contribution >= 4 is 22.6 Å². The van der Waals surface area contributed by atoms with Gasteiger partial charge in [0.15, 0.2) is 6.61 Å². The average molecular weight is 395 g/mol. The number of aromatic nitrogens is 4. The van der Waals surface area contributed by atoms with E-state index in [1.165, 1.54) is 25.7 Å². The van der Waals surface area contributed by atoms with Crippen LogP contribution in [0.4, 0.5) is 0 Å². The highest BCUT2D eigenvalue weighted by Crippen LogP contribution is 2.32. The van der Waals surface area contributed by atoms with Crippen molar-refractivity contribution in [2.45, 2.75) is 38.3 Å². The van der Waals surface area contributed by atoms with E-state index >= 15 is 0 Å². The Morgan fingerprint density at radius 3 is 2.75 bits per heavy atom. The van der Waals surface area contributed by atoms with E-state index in [-0.39, 0.29) is 6.61 Å². The van der Waals surface area contributed by atoms with Crippen molar-refractivity contribution in [3.05, 3.63) is 59.7 Å². The molecule has 0 spiro atoms. The van der Waals surface area contributed by atoms with Crippen molar-refractivity contribution in [2.75, 3.05) is 0 Å². The molecule has 0 unspecified atom stereocenters. The molecular weight excluding hydrogens is 376 g/mol. The number of hydrogen-bond acceptors (Lipinski definition) is 5. The predicted octanol–water partition coefficient (Wildman–Crippen LogP) is 5.43. The SMILES string of the molecule is Clc1ccc(OCc2nc(-c3ccc4c(c3)ncn4C3CCCC3)no2)cc1. The number of halogens is 1. The molecule has 0 saturated heterocycles. The maximum absolute atomic E-state index is 5.88. The van der Waals surface area contributed by atoms with Crippen LogP contribution in [0.25, 0.3) is 22.4 Å². The molecule has 2 heterocycles. The highest BCUT2D eigenvalue weighted by molar-refractivity contribution is 6.30. The van der Waals surface area contributed by atoms with Crippen molar-refractivity contribution in [1.29, 1.82) is 0 Å². The van der Waals surface area contributed by atoms with Crippen LogP contribution in [0.2, 0.25) is 5.02 Å². The quantitative estimate of drug-likeness (QED) is 0.451. The lowest BCUT2D eigenvalue weighted by Gasteiger charge is -2.11. The van der Waals surface area contributed by atoms with Crippen molar-refractivity contribution in [3.8, 4) is 17.1 Å². The van der Waals surface area contributed by atoms with Crippen LogP contribution in [0.3, 0.4) is 0 Å². The van der Waals surface area contributed by atoms with E-state index in [0.29, 0.717) is 28.5 Å². The lowest BCUT2D eigenvalue weighted by Crippen LogP contribution is -2.02. The standard InChI is InChI=1S/C21H19ClN4O2/c22-15-6-8-17(9-7-15)27-12-20-24-21(25-28-20)14-5-10-19-18(11-14)23-13-26(19)16-3-1-2-4-16/h5-11,13,16H,1-4,12H2. The Labute approximate surface area is 167 Å². The van der Waals surface area contributed by atoms with E-state index in [1.54, 1.807) is 24.3 Å². The molecule has 142 valence electrons. The Morgan fingerprint density at radius 2 is 1.93 bits per heavy atom. The zero-order valence-corrected chi connectivity index (χ0v) is 16.0. The van der Waals surface area contributed by atoms with Crippen LogP contribution in [-0.2, 0) is 6.61 Å². The lowest BCUT2D eigenvalue weighted by atomic mass is 10.1. The molecule has 0 bridgehead atoms. The van der Waals surface area contributed by atoms with Gasteiger partial charge in [-0.25, -0.2) is 4.98 Å². The molecule has 1 aliphatic carbocycles. The van der Waals surface area contributed by atoms with Gasteiger partial charge in [0.2, 0.25) is 5.82 Å². The second-order valence-electron chi connectivity index (χ2n) is 7.05. The number of benzene rings is 2. The largest absolute Gasteiger partial charge is 0.484 e. The molecule has 1 aliphatic rings. The number of rotatable bonds is 5. The van der Waals surface area contributed by atoms with Gasteiger partial charge >= 0.3 is 0 Å². The summed E-state index contributed by atoms with van der Waals surface area (Å²) in [6.45, 7) is 0.202. The minimum absolute atomic E-state index is 0.202.